The van der Waals surface area contributed by atoms with Crippen LogP contribution in [0.2, 0.25) is 0 Å². The number of rotatable bonds is 6. The number of aromatic nitrogens is 3. The van der Waals surface area contributed by atoms with E-state index in [-0.39, 0.29) is 27.9 Å². The lowest BCUT2D eigenvalue weighted by Crippen LogP contribution is -2.49. The van der Waals surface area contributed by atoms with Gasteiger partial charge >= 0.3 is 5.76 Å². The number of carbonyl (C=O) groups excluding carboxylic acids is 1. The van der Waals surface area contributed by atoms with Crippen molar-refractivity contribution in [2.24, 2.45) is 0 Å². The summed E-state index contributed by atoms with van der Waals surface area (Å²) in [4.78, 5) is 37.1. The number of para-hydroxylation sites is 2. The second-order valence-corrected chi connectivity index (χ2v) is 13.4. The second-order valence-electron chi connectivity index (χ2n) is 13.4. The number of likely N-dealkylation sites (tertiary alicyclic amines) is 1. The fourth-order valence-corrected chi connectivity index (χ4v) is 8.79. The van der Waals surface area contributed by atoms with Crippen LogP contribution in [0.25, 0.3) is 22.1 Å². The van der Waals surface area contributed by atoms with E-state index in [9.17, 15) is 18.4 Å². The largest absolute Gasteiger partial charge is 0.417 e. The van der Waals surface area contributed by atoms with Crippen molar-refractivity contribution < 1.29 is 18.0 Å². The quantitative estimate of drug-likeness (QED) is 0.233. The molecule has 8 nitrogen and oxygen atoms in total. The summed E-state index contributed by atoms with van der Waals surface area (Å²) >= 11 is 0. The van der Waals surface area contributed by atoms with E-state index in [1.54, 1.807) is 17.0 Å². The molecule has 1 N–H and O–H groups in total. The topological polar surface area (TPSA) is 87.4 Å². The number of hydrogen-bond acceptors (Lipinski definition) is 5. The van der Waals surface area contributed by atoms with Gasteiger partial charge in [-0.2, -0.15) is 0 Å². The third kappa shape index (κ3) is 4.85. The molecule has 8 rings (SSSR count). The number of halogens is 2. The van der Waals surface area contributed by atoms with Crippen LogP contribution in [0.15, 0.2) is 69.9 Å². The van der Waals surface area contributed by atoms with Crippen molar-refractivity contribution >= 4 is 28.0 Å². The molecule has 2 bridgehead atoms. The average molecular weight is 626 g/mol. The molecule has 10 heteroatoms. The van der Waals surface area contributed by atoms with Gasteiger partial charge in [-0.15, -0.1) is 0 Å². The van der Waals surface area contributed by atoms with Crippen molar-refractivity contribution in [1.29, 1.82) is 0 Å². The van der Waals surface area contributed by atoms with Crippen LogP contribution < -0.4 is 5.76 Å². The van der Waals surface area contributed by atoms with Crippen LogP contribution in [-0.4, -0.2) is 62.0 Å². The van der Waals surface area contributed by atoms with Crippen LogP contribution in [0.3, 0.4) is 0 Å². The highest BCUT2D eigenvalue weighted by Gasteiger charge is 2.44. The highest BCUT2D eigenvalue weighted by atomic mass is 19.1. The maximum Gasteiger partial charge on any atom is 0.417 e. The predicted molar refractivity (Wildman–Crippen MR) is 171 cm³/mol. The fraction of sp³-hybridized carbons (Fsp3) is 0.417. The Hall–Kier alpha value is -4.31. The Morgan fingerprint density at radius 1 is 1.00 bits per heavy atom. The van der Waals surface area contributed by atoms with Gasteiger partial charge in [0.25, 0.3) is 5.91 Å². The number of fused-ring (bicyclic) bond motifs is 4. The minimum absolute atomic E-state index is 0.0785. The third-order valence-corrected chi connectivity index (χ3v) is 11.0. The molecule has 0 radical (unpaired) electrons. The number of nitrogens with zero attached hydrogens (tertiary/aromatic N) is 4. The monoisotopic (exact) mass is 625 g/mol. The summed E-state index contributed by atoms with van der Waals surface area (Å²) in [5.74, 6) is -1.10. The minimum Gasteiger partial charge on any atom is -0.408 e. The number of imidazole rings is 1. The van der Waals surface area contributed by atoms with Gasteiger partial charge in [0, 0.05) is 31.2 Å². The first-order chi connectivity index (χ1) is 22.3. The summed E-state index contributed by atoms with van der Waals surface area (Å²) in [6, 6.07) is 19.2. The number of aryl methyl sites for hydroxylation is 1. The molecule has 3 aliphatic rings. The molecule has 238 valence electrons. The van der Waals surface area contributed by atoms with E-state index in [1.807, 2.05) is 12.1 Å². The smallest absolute Gasteiger partial charge is 0.408 e. The van der Waals surface area contributed by atoms with Crippen molar-refractivity contribution in [3.05, 3.63) is 99.8 Å². The van der Waals surface area contributed by atoms with Gasteiger partial charge in [0.05, 0.1) is 11.0 Å². The van der Waals surface area contributed by atoms with Crippen LogP contribution >= 0.6 is 0 Å². The number of benzene rings is 3. The molecule has 3 fully saturated rings. The van der Waals surface area contributed by atoms with Crippen LogP contribution in [0.1, 0.15) is 72.7 Å². The summed E-state index contributed by atoms with van der Waals surface area (Å²) in [5, 5.41) is 0. The van der Waals surface area contributed by atoms with Gasteiger partial charge in [-0.1, -0.05) is 24.3 Å². The molecule has 0 saturated carbocycles. The summed E-state index contributed by atoms with van der Waals surface area (Å²) in [6.07, 6.45) is 6.63. The third-order valence-electron chi connectivity index (χ3n) is 11.0. The number of carbonyl (C=O) groups is 1. The van der Waals surface area contributed by atoms with Gasteiger partial charge in [-0.05, 0) is 106 Å². The highest BCUT2D eigenvalue weighted by Crippen LogP contribution is 2.45. The molecule has 3 saturated heterocycles. The molecule has 3 atom stereocenters. The zero-order valence-electron chi connectivity index (χ0n) is 25.8. The SMILES string of the molecule is Cc1nc2ccccc2n1C1C[C@H]2CC[C@@H](C1)N2CCC1(c2cccc(F)c2)CCN(C(=O)c2c(F)ccc3oc(=O)[nH]c23)CC1. The maximum atomic E-state index is 15.0. The first kappa shape index (κ1) is 29.1. The highest BCUT2D eigenvalue weighted by molar-refractivity contribution is 6.04. The Morgan fingerprint density at radius 2 is 1.76 bits per heavy atom. The van der Waals surface area contributed by atoms with Gasteiger partial charge in [-0.25, -0.2) is 18.6 Å². The number of amides is 1. The first-order valence-corrected chi connectivity index (χ1v) is 16.4. The van der Waals surface area contributed by atoms with Crippen molar-refractivity contribution in [3.63, 3.8) is 0 Å². The zero-order chi connectivity index (χ0) is 31.6. The van der Waals surface area contributed by atoms with Crippen molar-refractivity contribution in [1.82, 2.24) is 24.3 Å². The number of piperidine rings is 2. The molecule has 0 spiro atoms. The number of oxazole rings is 1. The standard InChI is InChI=1S/C36H37F2N5O3/c1-22-39-29-7-2-3-8-30(29)43(22)27-20-25-9-10-26(21-27)42(25)18-15-36(23-5-4-6-24(37)19-23)13-16-41(17-14-36)34(44)32-28(38)11-12-31-33(32)40-35(45)46-31/h2-8,11-12,19,25-27H,9-10,13-18,20-21H2,1H3,(H,40,45)/t25-,26+,27?. The Labute approximate surface area is 265 Å². The van der Waals surface area contributed by atoms with E-state index in [2.05, 4.69) is 39.6 Å². The predicted octanol–water partition coefficient (Wildman–Crippen LogP) is 6.49. The van der Waals surface area contributed by atoms with E-state index in [0.29, 0.717) is 44.1 Å². The number of H-pyrrole nitrogens is 1. The van der Waals surface area contributed by atoms with Crippen LogP contribution in [0.4, 0.5) is 8.78 Å². The Bertz CT molecular complexity index is 1990. The number of aromatic amines is 1. The van der Waals surface area contributed by atoms with Crippen molar-refractivity contribution in [2.45, 2.75) is 75.4 Å². The lowest BCUT2D eigenvalue weighted by Gasteiger charge is -2.45. The molecule has 3 aromatic carbocycles. The van der Waals surface area contributed by atoms with Crippen molar-refractivity contribution in [2.75, 3.05) is 19.6 Å². The molecule has 5 aromatic rings. The minimum atomic E-state index is -0.732. The molecule has 1 amide bonds. The van der Waals surface area contributed by atoms with Gasteiger partial charge in [0.1, 0.15) is 28.5 Å². The molecule has 46 heavy (non-hydrogen) atoms. The van der Waals surface area contributed by atoms with Crippen LogP contribution in [0, 0.1) is 18.6 Å². The van der Waals surface area contributed by atoms with E-state index in [0.717, 1.165) is 48.8 Å². The average Bonchev–Trinajstić information content (AvgIpc) is 3.67. The first-order valence-electron chi connectivity index (χ1n) is 16.4. The van der Waals surface area contributed by atoms with Gasteiger partial charge in [0.2, 0.25) is 0 Å². The maximum absolute atomic E-state index is 15.0. The summed E-state index contributed by atoms with van der Waals surface area (Å²) in [6.45, 7) is 3.81. The molecule has 5 heterocycles. The zero-order valence-corrected chi connectivity index (χ0v) is 25.8. The number of nitrogens with one attached hydrogen (secondary N) is 1. The lowest BCUT2D eigenvalue weighted by molar-refractivity contribution is 0.0604. The van der Waals surface area contributed by atoms with Crippen LogP contribution in [0.5, 0.6) is 0 Å². The molecule has 1 unspecified atom stereocenters. The molecule has 2 aromatic heterocycles. The van der Waals surface area contributed by atoms with Gasteiger partial charge in [-0.3, -0.25) is 14.7 Å². The molecular formula is C36H37F2N5O3. The number of hydrogen-bond donors (Lipinski definition) is 1. The Morgan fingerprint density at radius 3 is 2.52 bits per heavy atom. The van der Waals surface area contributed by atoms with E-state index >= 15 is 0 Å². The molecular weight excluding hydrogens is 588 g/mol. The van der Waals surface area contributed by atoms with E-state index in [4.69, 9.17) is 9.40 Å². The van der Waals surface area contributed by atoms with Crippen LogP contribution in [-0.2, 0) is 5.41 Å². The Balaban J connectivity index is 1.01. The normalized spacial score (nSPS) is 23.0. The van der Waals surface area contributed by atoms with E-state index in [1.165, 1.54) is 30.5 Å². The van der Waals surface area contributed by atoms with Crippen molar-refractivity contribution in [3.8, 4) is 0 Å². The van der Waals surface area contributed by atoms with Gasteiger partial charge < -0.3 is 13.9 Å². The molecule has 3 aliphatic heterocycles. The summed E-state index contributed by atoms with van der Waals surface area (Å²) < 4.78 is 37.1. The van der Waals surface area contributed by atoms with E-state index < -0.39 is 17.5 Å². The van der Waals surface area contributed by atoms with Gasteiger partial charge in [0.15, 0.2) is 5.58 Å². The summed E-state index contributed by atoms with van der Waals surface area (Å²) in [7, 11) is 0. The fourth-order valence-electron chi connectivity index (χ4n) is 8.79. The molecule has 0 aliphatic carbocycles. The Kier molecular flexibility index (Phi) is 7.08. The summed E-state index contributed by atoms with van der Waals surface area (Å²) in [5.41, 5.74) is 2.94. The lowest BCUT2D eigenvalue weighted by atomic mass is 9.70. The second kappa shape index (κ2) is 11.2.